The molecule has 0 radical (unpaired) electrons. The van der Waals surface area contributed by atoms with Gasteiger partial charge in [0.15, 0.2) is 0 Å². The summed E-state index contributed by atoms with van der Waals surface area (Å²) >= 11 is 0. The quantitative estimate of drug-likeness (QED) is 0.758. The largest absolute Gasteiger partial charge is 0.478 e. The normalized spacial score (nSPS) is 10.2. The number of hydrogen-bond acceptors (Lipinski definition) is 4. The number of carbonyl (C=O) groups excluding carboxylic acids is 1. The van der Waals surface area contributed by atoms with E-state index < -0.39 is 11.9 Å². The van der Waals surface area contributed by atoms with Crippen molar-refractivity contribution < 1.29 is 14.7 Å². The number of aromatic carboxylic acids is 1. The first-order chi connectivity index (χ1) is 7.59. The van der Waals surface area contributed by atoms with Gasteiger partial charge in [-0.15, -0.1) is 0 Å². The first-order valence-corrected chi connectivity index (χ1v) is 4.37. The van der Waals surface area contributed by atoms with E-state index in [9.17, 15) is 9.59 Å². The molecule has 1 heterocycles. The van der Waals surface area contributed by atoms with Gasteiger partial charge in [-0.05, 0) is 12.1 Å². The van der Waals surface area contributed by atoms with Crippen LogP contribution in [0.2, 0.25) is 0 Å². The van der Waals surface area contributed by atoms with Crippen LogP contribution in [0.5, 0.6) is 0 Å². The topological polar surface area (TPSA) is 106 Å². The molecule has 2 rings (SSSR count). The van der Waals surface area contributed by atoms with Gasteiger partial charge in [0.1, 0.15) is 0 Å². The molecule has 1 aromatic heterocycles. The number of hydrogen-bond donors (Lipinski definition) is 2. The van der Waals surface area contributed by atoms with Crippen LogP contribution in [0.4, 0.5) is 0 Å². The van der Waals surface area contributed by atoms with E-state index in [2.05, 4.69) is 9.97 Å². The second-order valence-electron chi connectivity index (χ2n) is 3.11. The van der Waals surface area contributed by atoms with Crippen molar-refractivity contribution in [2.24, 2.45) is 5.73 Å². The van der Waals surface area contributed by atoms with Crippen LogP contribution in [-0.4, -0.2) is 27.0 Å². The summed E-state index contributed by atoms with van der Waals surface area (Å²) in [5, 5.41) is 8.92. The van der Waals surface area contributed by atoms with Crippen LogP contribution in [0.15, 0.2) is 24.5 Å². The molecule has 0 spiro atoms. The zero-order chi connectivity index (χ0) is 11.7. The highest BCUT2D eigenvalue weighted by atomic mass is 16.4. The van der Waals surface area contributed by atoms with E-state index >= 15 is 0 Å². The zero-order valence-corrected chi connectivity index (χ0v) is 8.04. The molecule has 0 fully saturated rings. The van der Waals surface area contributed by atoms with E-state index in [1.165, 1.54) is 24.5 Å². The van der Waals surface area contributed by atoms with Crippen molar-refractivity contribution in [2.45, 2.75) is 0 Å². The van der Waals surface area contributed by atoms with Gasteiger partial charge in [-0.2, -0.15) is 0 Å². The van der Waals surface area contributed by atoms with Crippen LogP contribution in [0.3, 0.4) is 0 Å². The van der Waals surface area contributed by atoms with Gasteiger partial charge in [0, 0.05) is 12.4 Å². The Hall–Kier alpha value is -2.50. The second kappa shape index (κ2) is 3.58. The number of carboxylic acids is 1. The number of primary amides is 1. The van der Waals surface area contributed by atoms with E-state index in [0.29, 0.717) is 11.0 Å². The maximum atomic E-state index is 11.1. The number of fused-ring (bicyclic) bond motifs is 1. The fourth-order valence-corrected chi connectivity index (χ4v) is 1.39. The summed E-state index contributed by atoms with van der Waals surface area (Å²) < 4.78 is 0. The van der Waals surface area contributed by atoms with E-state index in [1.807, 2.05) is 0 Å². The van der Waals surface area contributed by atoms with Gasteiger partial charge in [0.05, 0.1) is 22.2 Å². The Morgan fingerprint density at radius 3 is 2.00 bits per heavy atom. The molecule has 80 valence electrons. The first-order valence-electron chi connectivity index (χ1n) is 4.37. The van der Waals surface area contributed by atoms with Crippen molar-refractivity contribution in [2.75, 3.05) is 0 Å². The molecule has 0 aliphatic heterocycles. The standard InChI is InChI=1S/C10H7N3O3/c11-9(14)5-3-7-8(13-2-1-12-7)4-6(5)10(15)16/h1-4H,(H2,11,14)(H,15,16). The Morgan fingerprint density at radius 2 is 1.56 bits per heavy atom. The van der Waals surface area contributed by atoms with Crippen molar-refractivity contribution in [1.82, 2.24) is 9.97 Å². The lowest BCUT2D eigenvalue weighted by molar-refractivity contribution is 0.0692. The van der Waals surface area contributed by atoms with E-state index in [4.69, 9.17) is 10.8 Å². The number of carbonyl (C=O) groups is 2. The molecule has 0 unspecified atom stereocenters. The lowest BCUT2D eigenvalue weighted by Gasteiger charge is -2.03. The first kappa shape index (κ1) is 10.0. The summed E-state index contributed by atoms with van der Waals surface area (Å²) in [6.07, 6.45) is 2.89. The minimum Gasteiger partial charge on any atom is -0.478 e. The third kappa shape index (κ3) is 1.56. The lowest BCUT2D eigenvalue weighted by Crippen LogP contribution is -2.16. The fraction of sp³-hybridized carbons (Fsp3) is 0. The molecule has 0 atom stereocenters. The monoisotopic (exact) mass is 217 g/mol. The summed E-state index contributed by atoms with van der Waals surface area (Å²) in [7, 11) is 0. The van der Waals surface area contributed by atoms with Crippen molar-refractivity contribution in [1.29, 1.82) is 0 Å². The molecule has 0 bridgehead atoms. The van der Waals surface area contributed by atoms with Crippen LogP contribution in [-0.2, 0) is 0 Å². The summed E-state index contributed by atoms with van der Waals surface area (Å²) in [5.41, 5.74) is 5.70. The molecule has 0 aliphatic carbocycles. The smallest absolute Gasteiger partial charge is 0.336 e. The molecular formula is C10H7N3O3. The van der Waals surface area contributed by atoms with Gasteiger partial charge in [0.2, 0.25) is 5.91 Å². The Kier molecular flexibility index (Phi) is 2.24. The van der Waals surface area contributed by atoms with Crippen LogP contribution in [0.1, 0.15) is 20.7 Å². The van der Waals surface area contributed by atoms with Crippen molar-refractivity contribution in [3.05, 3.63) is 35.7 Å². The van der Waals surface area contributed by atoms with Gasteiger partial charge >= 0.3 is 5.97 Å². The molecule has 2 aromatic rings. The molecular weight excluding hydrogens is 210 g/mol. The van der Waals surface area contributed by atoms with Crippen molar-refractivity contribution >= 4 is 22.9 Å². The number of aromatic nitrogens is 2. The maximum Gasteiger partial charge on any atom is 0.336 e. The molecule has 0 saturated carbocycles. The highest BCUT2D eigenvalue weighted by molar-refractivity contribution is 6.07. The predicted octanol–water partition coefficient (Wildman–Crippen LogP) is 0.427. The molecule has 0 saturated heterocycles. The van der Waals surface area contributed by atoms with E-state index in [1.54, 1.807) is 0 Å². The van der Waals surface area contributed by atoms with Crippen LogP contribution < -0.4 is 5.73 Å². The number of amides is 1. The molecule has 6 heteroatoms. The van der Waals surface area contributed by atoms with Gasteiger partial charge in [-0.25, -0.2) is 4.79 Å². The summed E-state index contributed by atoms with van der Waals surface area (Å²) in [4.78, 5) is 29.9. The highest BCUT2D eigenvalue weighted by Crippen LogP contribution is 2.16. The number of carboxylic acid groups (broad SMARTS) is 1. The van der Waals surface area contributed by atoms with Gasteiger partial charge < -0.3 is 10.8 Å². The molecule has 16 heavy (non-hydrogen) atoms. The second-order valence-corrected chi connectivity index (χ2v) is 3.11. The number of rotatable bonds is 2. The summed E-state index contributed by atoms with van der Waals surface area (Å²) in [6.45, 7) is 0. The molecule has 0 aliphatic rings. The highest BCUT2D eigenvalue weighted by Gasteiger charge is 2.16. The van der Waals surface area contributed by atoms with Crippen molar-refractivity contribution in [3.63, 3.8) is 0 Å². The minimum absolute atomic E-state index is 0.0690. The fourth-order valence-electron chi connectivity index (χ4n) is 1.39. The molecule has 1 amide bonds. The van der Waals surface area contributed by atoms with Crippen LogP contribution in [0.25, 0.3) is 11.0 Å². The SMILES string of the molecule is NC(=O)c1cc2nccnc2cc1C(=O)O. The summed E-state index contributed by atoms with van der Waals surface area (Å²) in [5.74, 6) is -2.02. The summed E-state index contributed by atoms with van der Waals surface area (Å²) in [6, 6.07) is 2.61. The third-order valence-electron chi connectivity index (χ3n) is 2.10. The van der Waals surface area contributed by atoms with Crippen LogP contribution >= 0.6 is 0 Å². The predicted molar refractivity (Wildman–Crippen MR) is 55.0 cm³/mol. The molecule has 1 aromatic carbocycles. The van der Waals surface area contributed by atoms with Crippen molar-refractivity contribution in [3.8, 4) is 0 Å². The minimum atomic E-state index is -1.22. The van der Waals surface area contributed by atoms with Gasteiger partial charge in [-0.1, -0.05) is 0 Å². The van der Waals surface area contributed by atoms with E-state index in [-0.39, 0.29) is 11.1 Å². The Balaban J connectivity index is 2.81. The van der Waals surface area contributed by atoms with Crippen LogP contribution in [0, 0.1) is 0 Å². The molecule has 3 N–H and O–H groups in total. The Morgan fingerprint density at radius 1 is 1.06 bits per heavy atom. The molecule has 6 nitrogen and oxygen atoms in total. The maximum absolute atomic E-state index is 11.1. The third-order valence-corrected chi connectivity index (χ3v) is 2.10. The van der Waals surface area contributed by atoms with Gasteiger partial charge in [-0.3, -0.25) is 14.8 Å². The zero-order valence-electron chi connectivity index (χ0n) is 8.04. The average Bonchev–Trinajstić information content (AvgIpc) is 2.27. The number of nitrogens with zero attached hydrogens (tertiary/aromatic N) is 2. The van der Waals surface area contributed by atoms with Gasteiger partial charge in [0.25, 0.3) is 0 Å². The van der Waals surface area contributed by atoms with E-state index in [0.717, 1.165) is 0 Å². The number of benzene rings is 1. The lowest BCUT2D eigenvalue weighted by atomic mass is 10.1. The Bertz CT molecular complexity index is 542. The number of nitrogens with two attached hydrogens (primary N) is 1. The average molecular weight is 217 g/mol. The Labute approximate surface area is 89.7 Å².